The molecule has 0 unspecified atom stereocenters. The first-order chi connectivity index (χ1) is 13.7. The van der Waals surface area contributed by atoms with Gasteiger partial charge in [-0.3, -0.25) is 4.79 Å². The van der Waals surface area contributed by atoms with Gasteiger partial charge in [-0.05, 0) is 48.9 Å². The van der Waals surface area contributed by atoms with Crippen molar-refractivity contribution in [2.45, 2.75) is 12.5 Å². The minimum Gasteiger partial charge on any atom is -0.461 e. The molecule has 6 nitrogen and oxygen atoms in total. The summed E-state index contributed by atoms with van der Waals surface area (Å²) in [6, 6.07) is 13.3. The van der Waals surface area contributed by atoms with E-state index in [2.05, 4.69) is 4.98 Å². The van der Waals surface area contributed by atoms with Gasteiger partial charge in [-0.15, -0.1) is 0 Å². The molecule has 0 bridgehead atoms. The molecule has 0 N–H and O–H groups in total. The Bertz CT molecular complexity index is 1150. The van der Waals surface area contributed by atoms with Crippen LogP contribution in [-0.2, 0) is 0 Å². The van der Waals surface area contributed by atoms with Crippen LogP contribution in [-0.4, -0.2) is 38.4 Å². The zero-order valence-corrected chi connectivity index (χ0v) is 15.0. The predicted molar refractivity (Wildman–Crippen MR) is 101 cm³/mol. The van der Waals surface area contributed by atoms with E-state index in [1.807, 2.05) is 28.8 Å². The van der Waals surface area contributed by atoms with Crippen LogP contribution in [0.5, 0.6) is 0 Å². The number of hydrogen-bond acceptors (Lipinski definition) is 4. The first-order valence-electron chi connectivity index (χ1n) is 9.12. The number of fused-ring (bicyclic) bond motifs is 1. The summed E-state index contributed by atoms with van der Waals surface area (Å²) < 4.78 is 21.1. The van der Waals surface area contributed by atoms with E-state index in [0.717, 1.165) is 17.6 Å². The lowest BCUT2D eigenvalue weighted by molar-refractivity contribution is 0.0787. The van der Waals surface area contributed by atoms with Crippen LogP contribution in [0.4, 0.5) is 4.39 Å². The van der Waals surface area contributed by atoms with Gasteiger partial charge >= 0.3 is 0 Å². The highest BCUT2D eigenvalue weighted by Gasteiger charge is 2.31. The average Bonchev–Trinajstić information content (AvgIpc) is 3.45. The maximum atomic E-state index is 13.5. The molecular weight excluding hydrogens is 359 g/mol. The topological polar surface area (TPSA) is 64.2 Å². The molecule has 0 spiro atoms. The molecule has 28 heavy (non-hydrogen) atoms. The third kappa shape index (κ3) is 2.76. The van der Waals surface area contributed by atoms with E-state index < -0.39 is 5.82 Å². The monoisotopic (exact) mass is 376 g/mol. The number of benzene rings is 1. The Morgan fingerprint density at radius 1 is 1.18 bits per heavy atom. The summed E-state index contributed by atoms with van der Waals surface area (Å²) in [6.07, 6.45) is 4.11. The van der Waals surface area contributed by atoms with Gasteiger partial charge < -0.3 is 13.9 Å². The fourth-order valence-corrected chi connectivity index (χ4v) is 3.80. The van der Waals surface area contributed by atoms with Crippen molar-refractivity contribution >= 4 is 17.1 Å². The number of halogens is 1. The maximum Gasteiger partial charge on any atom is 0.254 e. The number of furan rings is 1. The van der Waals surface area contributed by atoms with E-state index in [1.165, 1.54) is 12.1 Å². The first-order valence-corrected chi connectivity index (χ1v) is 9.12. The Hall–Kier alpha value is -3.48. The van der Waals surface area contributed by atoms with Crippen molar-refractivity contribution in [1.82, 2.24) is 19.4 Å². The van der Waals surface area contributed by atoms with E-state index in [1.54, 1.807) is 29.5 Å². The van der Waals surface area contributed by atoms with Crippen molar-refractivity contribution in [2.75, 3.05) is 13.1 Å². The standard InChI is InChI=1S/C21H17FN4O2/c22-15-5-1-4-14(12-15)21(27)25-10-8-16(13-25)26-19-17(6-2-9-23-19)24-20(26)18-7-3-11-28-18/h1-7,9,11-12,16H,8,10,13H2/t16-/m0/s1. The lowest BCUT2D eigenvalue weighted by Gasteiger charge is -2.18. The molecule has 4 aromatic rings. The van der Waals surface area contributed by atoms with Crippen molar-refractivity contribution in [3.05, 3.63) is 72.4 Å². The number of carbonyl (C=O) groups is 1. The van der Waals surface area contributed by atoms with Crippen LogP contribution >= 0.6 is 0 Å². The van der Waals surface area contributed by atoms with E-state index in [9.17, 15) is 9.18 Å². The molecule has 1 fully saturated rings. The summed E-state index contributed by atoms with van der Waals surface area (Å²) in [5.41, 5.74) is 1.91. The highest BCUT2D eigenvalue weighted by Crippen LogP contribution is 2.32. The Morgan fingerprint density at radius 3 is 2.93 bits per heavy atom. The zero-order valence-electron chi connectivity index (χ0n) is 15.0. The van der Waals surface area contributed by atoms with Gasteiger partial charge in [-0.25, -0.2) is 14.4 Å². The molecule has 0 radical (unpaired) electrons. The number of imidazole rings is 1. The van der Waals surface area contributed by atoms with Gasteiger partial charge in [0, 0.05) is 24.8 Å². The van der Waals surface area contributed by atoms with Crippen molar-refractivity contribution in [1.29, 1.82) is 0 Å². The summed E-state index contributed by atoms with van der Waals surface area (Å²) >= 11 is 0. The minimum atomic E-state index is -0.411. The summed E-state index contributed by atoms with van der Waals surface area (Å²) in [7, 11) is 0. The summed E-state index contributed by atoms with van der Waals surface area (Å²) in [5.74, 6) is 0.780. The Morgan fingerprint density at radius 2 is 2.11 bits per heavy atom. The van der Waals surface area contributed by atoms with Crippen molar-refractivity contribution in [3.8, 4) is 11.6 Å². The Balaban J connectivity index is 1.50. The van der Waals surface area contributed by atoms with Gasteiger partial charge in [-0.2, -0.15) is 0 Å². The van der Waals surface area contributed by atoms with Crippen molar-refractivity contribution in [2.24, 2.45) is 0 Å². The Labute approximate surface area is 160 Å². The van der Waals surface area contributed by atoms with E-state index in [0.29, 0.717) is 30.2 Å². The minimum absolute atomic E-state index is 0.0116. The van der Waals surface area contributed by atoms with Crippen molar-refractivity contribution in [3.63, 3.8) is 0 Å². The average molecular weight is 376 g/mol. The molecule has 1 aliphatic heterocycles. The largest absolute Gasteiger partial charge is 0.461 e. The van der Waals surface area contributed by atoms with Gasteiger partial charge in [0.15, 0.2) is 17.2 Å². The van der Waals surface area contributed by atoms with Crippen LogP contribution in [0.1, 0.15) is 22.8 Å². The third-order valence-corrected chi connectivity index (χ3v) is 5.08. The van der Waals surface area contributed by atoms with Gasteiger partial charge in [0.1, 0.15) is 11.3 Å². The molecule has 1 aliphatic rings. The Kier molecular flexibility index (Phi) is 3.93. The second-order valence-electron chi connectivity index (χ2n) is 6.83. The molecule has 1 amide bonds. The van der Waals surface area contributed by atoms with Gasteiger partial charge in [-0.1, -0.05) is 6.07 Å². The quantitative estimate of drug-likeness (QED) is 0.544. The number of carbonyl (C=O) groups excluding carboxylic acids is 1. The predicted octanol–water partition coefficient (Wildman–Crippen LogP) is 3.92. The zero-order chi connectivity index (χ0) is 19.1. The fourth-order valence-electron chi connectivity index (χ4n) is 3.80. The molecule has 3 aromatic heterocycles. The molecule has 0 saturated carbocycles. The second-order valence-corrected chi connectivity index (χ2v) is 6.83. The molecule has 0 aliphatic carbocycles. The number of pyridine rings is 1. The summed E-state index contributed by atoms with van der Waals surface area (Å²) in [4.78, 5) is 23.7. The summed E-state index contributed by atoms with van der Waals surface area (Å²) in [5, 5.41) is 0. The molecule has 1 saturated heterocycles. The van der Waals surface area contributed by atoms with Crippen LogP contribution in [0.25, 0.3) is 22.7 Å². The molecule has 1 atom stereocenters. The van der Waals surface area contributed by atoms with E-state index in [4.69, 9.17) is 9.40 Å². The molecule has 5 rings (SSSR count). The van der Waals surface area contributed by atoms with Crippen LogP contribution in [0.3, 0.4) is 0 Å². The maximum absolute atomic E-state index is 13.5. The fraction of sp³-hybridized carbons (Fsp3) is 0.190. The smallest absolute Gasteiger partial charge is 0.254 e. The molecular formula is C21H17FN4O2. The highest BCUT2D eigenvalue weighted by atomic mass is 19.1. The molecule has 140 valence electrons. The normalized spacial score (nSPS) is 16.8. The number of nitrogens with zero attached hydrogens (tertiary/aromatic N) is 4. The van der Waals surface area contributed by atoms with Crippen LogP contribution in [0.2, 0.25) is 0 Å². The number of aromatic nitrogens is 3. The van der Waals surface area contributed by atoms with Gasteiger partial charge in [0.25, 0.3) is 5.91 Å². The molecule has 4 heterocycles. The van der Waals surface area contributed by atoms with Crippen LogP contribution < -0.4 is 0 Å². The third-order valence-electron chi connectivity index (χ3n) is 5.08. The lowest BCUT2D eigenvalue weighted by Crippen LogP contribution is -2.29. The van der Waals surface area contributed by atoms with Crippen LogP contribution in [0.15, 0.2) is 65.4 Å². The number of hydrogen-bond donors (Lipinski definition) is 0. The van der Waals surface area contributed by atoms with Gasteiger partial charge in [0.2, 0.25) is 0 Å². The molecule has 7 heteroatoms. The van der Waals surface area contributed by atoms with E-state index in [-0.39, 0.29) is 11.9 Å². The van der Waals surface area contributed by atoms with Gasteiger partial charge in [0.05, 0.1) is 12.3 Å². The van der Waals surface area contributed by atoms with E-state index >= 15 is 0 Å². The SMILES string of the molecule is O=C(c1cccc(F)c1)N1CC[C@H](n2c(-c3ccco3)nc3cccnc32)C1. The molecule has 1 aromatic carbocycles. The van der Waals surface area contributed by atoms with Crippen LogP contribution in [0, 0.1) is 5.82 Å². The second kappa shape index (κ2) is 6.60. The highest BCUT2D eigenvalue weighted by molar-refractivity contribution is 5.94. The number of rotatable bonds is 3. The lowest BCUT2D eigenvalue weighted by atomic mass is 10.2. The van der Waals surface area contributed by atoms with Crippen molar-refractivity contribution < 1.29 is 13.6 Å². The first kappa shape index (κ1) is 16.7. The summed E-state index contributed by atoms with van der Waals surface area (Å²) in [6.45, 7) is 1.09. The number of amides is 1. The number of likely N-dealkylation sites (tertiary alicyclic amines) is 1.